The van der Waals surface area contributed by atoms with E-state index in [1.807, 2.05) is 30.3 Å². The largest absolute Gasteiger partial charge is 0.494 e. The van der Waals surface area contributed by atoms with E-state index in [1.54, 1.807) is 0 Å². The van der Waals surface area contributed by atoms with Crippen LogP contribution >= 0.6 is 0 Å². The van der Waals surface area contributed by atoms with Gasteiger partial charge in [0.1, 0.15) is 5.75 Å². The highest BCUT2D eigenvalue weighted by Gasteiger charge is 1.95. The molecule has 2 nitrogen and oxygen atoms in total. The predicted octanol–water partition coefficient (Wildman–Crippen LogP) is 4.19. The highest BCUT2D eigenvalue weighted by molar-refractivity contribution is 5.69. The van der Waals surface area contributed by atoms with Crippen LogP contribution in [0.2, 0.25) is 0 Å². The lowest BCUT2D eigenvalue weighted by Gasteiger charge is -2.10. The van der Waals surface area contributed by atoms with Crippen molar-refractivity contribution in [2.45, 2.75) is 6.42 Å². The molecule has 110 valence electrons. The summed E-state index contributed by atoms with van der Waals surface area (Å²) in [5.41, 5.74) is 2.39. The summed E-state index contributed by atoms with van der Waals surface area (Å²) in [6, 6.07) is 18.5. The van der Waals surface area contributed by atoms with Gasteiger partial charge in [-0.05, 0) is 43.8 Å². The molecule has 0 saturated carbocycles. The molecule has 0 spiro atoms. The summed E-state index contributed by atoms with van der Waals surface area (Å²) in [5, 5.41) is 0. The van der Waals surface area contributed by atoms with E-state index in [-0.39, 0.29) is 0 Å². The molecule has 0 heterocycles. The number of ether oxygens (including phenoxy) is 1. The summed E-state index contributed by atoms with van der Waals surface area (Å²) < 4.78 is 5.72. The van der Waals surface area contributed by atoms with Crippen molar-refractivity contribution in [3.63, 3.8) is 0 Å². The summed E-state index contributed by atoms with van der Waals surface area (Å²) in [4.78, 5) is 2.17. The first kappa shape index (κ1) is 15.3. The Hall–Kier alpha value is -2.06. The summed E-state index contributed by atoms with van der Waals surface area (Å²) in [5.74, 6) is 0.936. The van der Waals surface area contributed by atoms with Crippen LogP contribution in [0.15, 0.2) is 54.6 Å². The fourth-order valence-electron chi connectivity index (χ4n) is 2.00. The third-order valence-electron chi connectivity index (χ3n) is 3.17. The van der Waals surface area contributed by atoms with Gasteiger partial charge in [-0.15, -0.1) is 0 Å². The molecule has 0 N–H and O–H groups in total. The zero-order chi connectivity index (χ0) is 14.9. The van der Waals surface area contributed by atoms with Gasteiger partial charge in [0.15, 0.2) is 0 Å². The standard InChI is InChI=1S/C19H23NO/c1-20(2)15-6-16-21-19-13-11-18(12-14-19)10-9-17-7-4-3-5-8-17/h3-5,7-14H,6,15-16H2,1-2H3/b10-9+. The Labute approximate surface area is 127 Å². The molecule has 0 unspecified atom stereocenters. The molecule has 0 fully saturated rings. The smallest absolute Gasteiger partial charge is 0.119 e. The molecule has 0 saturated heterocycles. The first-order valence-electron chi connectivity index (χ1n) is 7.35. The van der Waals surface area contributed by atoms with Gasteiger partial charge < -0.3 is 9.64 Å². The summed E-state index contributed by atoms with van der Waals surface area (Å²) >= 11 is 0. The van der Waals surface area contributed by atoms with Gasteiger partial charge in [-0.3, -0.25) is 0 Å². The van der Waals surface area contributed by atoms with E-state index in [1.165, 1.54) is 11.1 Å². The Kier molecular flexibility index (Phi) is 6.04. The van der Waals surface area contributed by atoms with Gasteiger partial charge in [0.05, 0.1) is 6.61 Å². The number of hydrogen-bond acceptors (Lipinski definition) is 2. The predicted molar refractivity (Wildman–Crippen MR) is 90.5 cm³/mol. The van der Waals surface area contributed by atoms with Crippen LogP contribution in [-0.4, -0.2) is 32.1 Å². The molecule has 2 rings (SSSR count). The fourth-order valence-corrected chi connectivity index (χ4v) is 2.00. The molecule has 0 bridgehead atoms. The van der Waals surface area contributed by atoms with Crippen molar-refractivity contribution in [2.24, 2.45) is 0 Å². The number of benzene rings is 2. The molecule has 0 aliphatic heterocycles. The first-order chi connectivity index (χ1) is 10.2. The Balaban J connectivity index is 1.83. The second-order valence-electron chi connectivity index (χ2n) is 5.32. The molecule has 2 heteroatoms. The lowest BCUT2D eigenvalue weighted by molar-refractivity contribution is 0.281. The van der Waals surface area contributed by atoms with Gasteiger partial charge in [0.25, 0.3) is 0 Å². The molecule has 0 aliphatic carbocycles. The number of nitrogens with zero attached hydrogens (tertiary/aromatic N) is 1. The molecule has 2 aromatic rings. The zero-order valence-electron chi connectivity index (χ0n) is 12.8. The lowest BCUT2D eigenvalue weighted by atomic mass is 10.1. The SMILES string of the molecule is CN(C)CCCOc1ccc(/C=C/c2ccccc2)cc1. The lowest BCUT2D eigenvalue weighted by Crippen LogP contribution is -2.15. The molecule has 0 amide bonds. The topological polar surface area (TPSA) is 12.5 Å². The van der Waals surface area contributed by atoms with E-state index in [0.717, 1.165) is 25.3 Å². The van der Waals surface area contributed by atoms with E-state index < -0.39 is 0 Å². The Bertz CT molecular complexity index is 544. The molecular formula is C19H23NO. The minimum atomic E-state index is 0.761. The van der Waals surface area contributed by atoms with E-state index in [9.17, 15) is 0 Å². The van der Waals surface area contributed by atoms with Crippen molar-refractivity contribution in [1.82, 2.24) is 4.90 Å². The molecule has 0 radical (unpaired) electrons. The maximum Gasteiger partial charge on any atom is 0.119 e. The number of rotatable bonds is 7. The van der Waals surface area contributed by atoms with Crippen LogP contribution in [0.4, 0.5) is 0 Å². The molecule has 21 heavy (non-hydrogen) atoms. The van der Waals surface area contributed by atoms with Crippen LogP contribution in [0.3, 0.4) is 0 Å². The third-order valence-corrected chi connectivity index (χ3v) is 3.17. The van der Waals surface area contributed by atoms with Crippen LogP contribution in [-0.2, 0) is 0 Å². The van der Waals surface area contributed by atoms with E-state index >= 15 is 0 Å². The molecule has 0 aliphatic rings. The maximum absolute atomic E-state index is 5.72. The van der Waals surface area contributed by atoms with Crippen molar-refractivity contribution in [1.29, 1.82) is 0 Å². The summed E-state index contributed by atoms with van der Waals surface area (Å²) in [7, 11) is 4.15. The van der Waals surface area contributed by atoms with Crippen LogP contribution < -0.4 is 4.74 Å². The Morgan fingerprint density at radius 3 is 2.10 bits per heavy atom. The van der Waals surface area contributed by atoms with Gasteiger partial charge in [-0.25, -0.2) is 0 Å². The van der Waals surface area contributed by atoms with Crippen molar-refractivity contribution in [3.05, 3.63) is 65.7 Å². The van der Waals surface area contributed by atoms with Gasteiger partial charge in [0.2, 0.25) is 0 Å². The minimum absolute atomic E-state index is 0.761. The summed E-state index contributed by atoms with van der Waals surface area (Å²) in [6.45, 7) is 1.81. The molecule has 0 atom stereocenters. The van der Waals surface area contributed by atoms with Crippen molar-refractivity contribution < 1.29 is 4.74 Å². The number of hydrogen-bond donors (Lipinski definition) is 0. The molecule has 0 aromatic heterocycles. The highest BCUT2D eigenvalue weighted by atomic mass is 16.5. The van der Waals surface area contributed by atoms with Crippen molar-refractivity contribution in [3.8, 4) is 5.75 Å². The minimum Gasteiger partial charge on any atom is -0.494 e. The fraction of sp³-hybridized carbons (Fsp3) is 0.263. The average molecular weight is 281 g/mol. The van der Waals surface area contributed by atoms with Gasteiger partial charge in [-0.1, -0.05) is 54.6 Å². The molecular weight excluding hydrogens is 258 g/mol. The van der Waals surface area contributed by atoms with E-state index in [2.05, 4.69) is 55.4 Å². The maximum atomic E-state index is 5.72. The van der Waals surface area contributed by atoms with Crippen molar-refractivity contribution in [2.75, 3.05) is 27.2 Å². The van der Waals surface area contributed by atoms with Crippen LogP contribution in [0, 0.1) is 0 Å². The Morgan fingerprint density at radius 1 is 0.857 bits per heavy atom. The summed E-state index contributed by atoms with van der Waals surface area (Å²) in [6.07, 6.45) is 5.28. The van der Waals surface area contributed by atoms with Crippen LogP contribution in [0.25, 0.3) is 12.2 Å². The average Bonchev–Trinajstić information content (AvgIpc) is 2.51. The Morgan fingerprint density at radius 2 is 1.48 bits per heavy atom. The second-order valence-corrected chi connectivity index (χ2v) is 5.32. The second kappa shape index (κ2) is 8.28. The van der Waals surface area contributed by atoms with Crippen LogP contribution in [0.1, 0.15) is 17.5 Å². The zero-order valence-corrected chi connectivity index (χ0v) is 12.8. The van der Waals surface area contributed by atoms with E-state index in [0.29, 0.717) is 0 Å². The van der Waals surface area contributed by atoms with Gasteiger partial charge in [0, 0.05) is 6.54 Å². The third kappa shape index (κ3) is 5.84. The van der Waals surface area contributed by atoms with Gasteiger partial charge in [-0.2, -0.15) is 0 Å². The monoisotopic (exact) mass is 281 g/mol. The van der Waals surface area contributed by atoms with Crippen LogP contribution in [0.5, 0.6) is 5.75 Å². The van der Waals surface area contributed by atoms with Gasteiger partial charge >= 0.3 is 0 Å². The molecule has 2 aromatic carbocycles. The quantitative estimate of drug-likeness (QED) is 0.557. The normalized spacial score (nSPS) is 11.2. The van der Waals surface area contributed by atoms with E-state index in [4.69, 9.17) is 4.74 Å². The van der Waals surface area contributed by atoms with Crippen molar-refractivity contribution >= 4 is 12.2 Å². The first-order valence-corrected chi connectivity index (χ1v) is 7.35. The highest BCUT2D eigenvalue weighted by Crippen LogP contribution is 2.14.